The minimum Gasteiger partial charge on any atom is -0.456 e. The molecule has 10 aromatic carbocycles. The minimum atomic E-state index is -0.497. The molecule has 13 rings (SSSR count). The first kappa shape index (κ1) is 36.3. The molecular weight excluding hydrogens is 779 g/mol. The van der Waals surface area contributed by atoms with Crippen molar-refractivity contribution in [2.24, 2.45) is 0 Å². The Hall–Kier alpha value is -8.40. The Balaban J connectivity index is 0.944. The topological polar surface area (TPSA) is 29.5 Å². The van der Waals surface area contributed by atoms with Crippen LogP contribution in [0.3, 0.4) is 0 Å². The van der Waals surface area contributed by atoms with Gasteiger partial charge in [0.25, 0.3) is 0 Å². The highest BCUT2D eigenvalue weighted by molar-refractivity contribution is 6.12. The highest BCUT2D eigenvalue weighted by atomic mass is 16.3. The number of fused-ring (bicyclic) bond motifs is 9. The summed E-state index contributed by atoms with van der Waals surface area (Å²) in [5.74, 6) is 0. The van der Waals surface area contributed by atoms with E-state index in [1.165, 1.54) is 44.5 Å². The van der Waals surface area contributed by atoms with E-state index in [0.29, 0.717) is 0 Å². The van der Waals surface area contributed by atoms with Gasteiger partial charge in [-0.3, -0.25) is 0 Å². The zero-order valence-corrected chi connectivity index (χ0v) is 34.8. The van der Waals surface area contributed by atoms with E-state index in [4.69, 9.17) is 8.83 Å². The van der Waals surface area contributed by atoms with Gasteiger partial charge in [0, 0.05) is 44.2 Å². The highest BCUT2D eigenvalue weighted by Gasteiger charge is 2.46. The molecule has 0 saturated heterocycles. The fraction of sp³-hybridized carbons (Fsp3) is 0.0164. The summed E-state index contributed by atoms with van der Waals surface area (Å²) in [4.78, 5) is 2.33. The molecule has 64 heavy (non-hydrogen) atoms. The second kappa shape index (κ2) is 14.3. The number of furan rings is 2. The summed E-state index contributed by atoms with van der Waals surface area (Å²) in [7, 11) is 0. The van der Waals surface area contributed by atoms with Crippen LogP contribution < -0.4 is 4.90 Å². The van der Waals surface area contributed by atoms with E-state index < -0.39 is 5.41 Å². The smallest absolute Gasteiger partial charge is 0.143 e. The molecule has 3 heteroatoms. The van der Waals surface area contributed by atoms with Gasteiger partial charge in [-0.15, -0.1) is 0 Å². The number of rotatable bonds is 7. The standard InChI is InChI=1S/C61H39NO2/c1-4-15-40(16-5-1)41-27-31-45(32-28-41)62(47-35-36-58-53(37-47)50-22-11-13-26-57(50)63-58)46-33-29-42(30-34-46)48-23-14-24-51-54-38-52-49-21-10-12-25-55(49)61(43-17-6-2-7-18-43,44-19-8-3-9-20-44)56(52)39-59(54)64-60(48)51/h1-39H. The van der Waals surface area contributed by atoms with Crippen LogP contribution in [0.15, 0.2) is 245 Å². The van der Waals surface area contributed by atoms with Crippen molar-refractivity contribution in [1.29, 1.82) is 0 Å². The molecule has 12 aromatic rings. The molecule has 3 nitrogen and oxygen atoms in total. The van der Waals surface area contributed by atoms with Crippen molar-refractivity contribution in [3.05, 3.63) is 259 Å². The average Bonchev–Trinajstić information content (AvgIpc) is 4.02. The summed E-state index contributed by atoms with van der Waals surface area (Å²) < 4.78 is 13.3. The predicted molar refractivity (Wildman–Crippen MR) is 264 cm³/mol. The summed E-state index contributed by atoms with van der Waals surface area (Å²) in [5.41, 5.74) is 18.2. The third kappa shape index (κ3) is 5.47. The van der Waals surface area contributed by atoms with Gasteiger partial charge in [0.1, 0.15) is 22.3 Å². The SMILES string of the molecule is c1ccc(-c2ccc(N(c3ccc(-c4cccc5c4oc4cc6c(cc45)-c4ccccc4C6(c4ccccc4)c4ccccc4)cc3)c3ccc4oc5ccccc5c4c3)cc2)cc1. The van der Waals surface area contributed by atoms with Crippen LogP contribution in [-0.4, -0.2) is 0 Å². The zero-order valence-electron chi connectivity index (χ0n) is 34.8. The van der Waals surface area contributed by atoms with Gasteiger partial charge in [0.05, 0.1) is 5.41 Å². The number of hydrogen-bond donors (Lipinski definition) is 0. The molecule has 0 bridgehead atoms. The summed E-state index contributed by atoms with van der Waals surface area (Å²) in [6.45, 7) is 0. The van der Waals surface area contributed by atoms with Crippen LogP contribution in [0.2, 0.25) is 0 Å². The summed E-state index contributed by atoms with van der Waals surface area (Å²) in [6.07, 6.45) is 0. The first-order valence-corrected chi connectivity index (χ1v) is 21.9. The van der Waals surface area contributed by atoms with Crippen molar-refractivity contribution >= 4 is 60.9 Å². The quantitative estimate of drug-likeness (QED) is 0.160. The predicted octanol–water partition coefficient (Wildman–Crippen LogP) is 16.7. The monoisotopic (exact) mass is 817 g/mol. The largest absolute Gasteiger partial charge is 0.456 e. The lowest BCUT2D eigenvalue weighted by Crippen LogP contribution is -2.28. The van der Waals surface area contributed by atoms with Gasteiger partial charge < -0.3 is 13.7 Å². The summed E-state index contributed by atoms with van der Waals surface area (Å²) in [6, 6.07) is 85.0. The fourth-order valence-electron chi connectivity index (χ4n) is 10.5. The third-order valence-electron chi connectivity index (χ3n) is 13.4. The molecule has 0 saturated carbocycles. The number of benzene rings is 10. The van der Waals surface area contributed by atoms with Crippen LogP contribution in [0, 0.1) is 0 Å². The Kier molecular flexibility index (Phi) is 8.13. The van der Waals surface area contributed by atoms with Gasteiger partial charge in [-0.2, -0.15) is 0 Å². The van der Waals surface area contributed by atoms with Crippen LogP contribution in [0.4, 0.5) is 17.1 Å². The van der Waals surface area contributed by atoms with E-state index in [9.17, 15) is 0 Å². The Bertz CT molecular complexity index is 3660. The van der Waals surface area contributed by atoms with Gasteiger partial charge >= 0.3 is 0 Å². The Morgan fingerprint density at radius 1 is 0.297 bits per heavy atom. The molecule has 2 heterocycles. The lowest BCUT2D eigenvalue weighted by molar-refractivity contribution is 0.667. The second-order valence-corrected chi connectivity index (χ2v) is 16.8. The molecule has 300 valence electrons. The minimum absolute atomic E-state index is 0.497. The van der Waals surface area contributed by atoms with Crippen molar-refractivity contribution in [1.82, 2.24) is 0 Å². The molecule has 1 aliphatic carbocycles. The normalized spacial score (nSPS) is 12.8. The van der Waals surface area contributed by atoms with Crippen LogP contribution in [0.1, 0.15) is 22.3 Å². The number of anilines is 3. The zero-order chi connectivity index (χ0) is 42.2. The van der Waals surface area contributed by atoms with Crippen LogP contribution >= 0.6 is 0 Å². The lowest BCUT2D eigenvalue weighted by atomic mass is 9.67. The maximum absolute atomic E-state index is 7.04. The molecule has 0 radical (unpaired) electrons. The van der Waals surface area contributed by atoms with E-state index in [-0.39, 0.29) is 0 Å². The van der Waals surface area contributed by atoms with Crippen LogP contribution in [0.25, 0.3) is 77.3 Å². The molecule has 0 aliphatic heterocycles. The van der Waals surface area contributed by atoms with E-state index in [2.05, 4.69) is 229 Å². The second-order valence-electron chi connectivity index (χ2n) is 16.8. The molecule has 0 spiro atoms. The first-order valence-electron chi connectivity index (χ1n) is 21.9. The summed E-state index contributed by atoms with van der Waals surface area (Å²) in [5, 5.41) is 4.42. The van der Waals surface area contributed by atoms with Crippen molar-refractivity contribution < 1.29 is 8.83 Å². The first-order chi connectivity index (χ1) is 31.7. The van der Waals surface area contributed by atoms with Crippen LogP contribution in [-0.2, 0) is 5.41 Å². The average molecular weight is 818 g/mol. The third-order valence-corrected chi connectivity index (χ3v) is 13.4. The van der Waals surface area contributed by atoms with E-state index >= 15 is 0 Å². The van der Waals surface area contributed by atoms with E-state index in [1.807, 2.05) is 12.1 Å². The van der Waals surface area contributed by atoms with Gasteiger partial charge in [-0.05, 0) is 111 Å². The van der Waals surface area contributed by atoms with E-state index in [0.717, 1.165) is 72.1 Å². The Morgan fingerprint density at radius 2 is 0.844 bits per heavy atom. The maximum atomic E-state index is 7.04. The fourth-order valence-corrected chi connectivity index (χ4v) is 10.5. The molecule has 0 amide bonds. The molecule has 0 fully saturated rings. The Labute approximate surface area is 370 Å². The van der Waals surface area contributed by atoms with Gasteiger partial charge in [-0.1, -0.05) is 176 Å². The molecule has 0 N–H and O–H groups in total. The van der Waals surface area contributed by atoms with Gasteiger partial charge in [0.2, 0.25) is 0 Å². The number of hydrogen-bond acceptors (Lipinski definition) is 3. The molecule has 2 aromatic heterocycles. The number of para-hydroxylation sites is 2. The molecule has 1 aliphatic rings. The Morgan fingerprint density at radius 3 is 1.58 bits per heavy atom. The molecule has 0 atom stereocenters. The van der Waals surface area contributed by atoms with Crippen molar-refractivity contribution in [3.63, 3.8) is 0 Å². The van der Waals surface area contributed by atoms with Gasteiger partial charge in [0.15, 0.2) is 0 Å². The molecular formula is C61H39NO2. The van der Waals surface area contributed by atoms with E-state index in [1.54, 1.807) is 0 Å². The van der Waals surface area contributed by atoms with Crippen LogP contribution in [0.5, 0.6) is 0 Å². The number of nitrogens with zero attached hydrogens (tertiary/aromatic N) is 1. The lowest BCUT2D eigenvalue weighted by Gasteiger charge is -2.33. The maximum Gasteiger partial charge on any atom is 0.143 e. The summed E-state index contributed by atoms with van der Waals surface area (Å²) >= 11 is 0. The highest BCUT2D eigenvalue weighted by Crippen LogP contribution is 2.57. The van der Waals surface area contributed by atoms with Crippen molar-refractivity contribution in [3.8, 4) is 33.4 Å². The van der Waals surface area contributed by atoms with Crippen molar-refractivity contribution in [2.75, 3.05) is 4.90 Å². The molecule has 0 unspecified atom stereocenters. The van der Waals surface area contributed by atoms with Crippen molar-refractivity contribution in [2.45, 2.75) is 5.41 Å². The van der Waals surface area contributed by atoms with Gasteiger partial charge in [-0.25, -0.2) is 0 Å².